The number of aryl methyl sites for hydroxylation is 1. The largest absolute Gasteiger partial charge is 0.437 e. The molecule has 3 aromatic heterocycles. The Hall–Kier alpha value is -3.53. The molecule has 0 saturated heterocycles. The van der Waals surface area contributed by atoms with E-state index in [4.69, 9.17) is 4.42 Å². The van der Waals surface area contributed by atoms with Crippen LogP contribution in [0.2, 0.25) is 0 Å². The molecular formula is C21H21N5O4S. The van der Waals surface area contributed by atoms with Gasteiger partial charge in [0.05, 0.1) is 22.5 Å². The molecule has 0 unspecified atom stereocenters. The van der Waals surface area contributed by atoms with Gasteiger partial charge in [-0.3, -0.25) is 9.59 Å². The second kappa shape index (κ2) is 8.68. The second-order valence-corrected chi connectivity index (χ2v) is 8.06. The van der Waals surface area contributed by atoms with Gasteiger partial charge in [0.1, 0.15) is 6.54 Å². The number of carbonyl (C=O) groups excluding carboxylic acids is 1. The smallest absolute Gasteiger partial charge is 0.387 e. The SMILES string of the molecule is CCc1nn(CC(=O)N[C@@H](C)Cn2nc(-c3cccs3)oc2=O)c(=O)c2ccccc12. The summed E-state index contributed by atoms with van der Waals surface area (Å²) in [6.07, 6.45) is 0.639. The Morgan fingerprint density at radius 1 is 1.13 bits per heavy atom. The highest BCUT2D eigenvalue weighted by Gasteiger charge is 2.16. The van der Waals surface area contributed by atoms with Crippen LogP contribution in [-0.2, 0) is 24.3 Å². The summed E-state index contributed by atoms with van der Waals surface area (Å²) < 4.78 is 7.54. The maximum absolute atomic E-state index is 12.7. The first-order chi connectivity index (χ1) is 15.0. The highest BCUT2D eigenvalue weighted by atomic mass is 32.1. The first-order valence-corrected chi connectivity index (χ1v) is 10.7. The lowest BCUT2D eigenvalue weighted by molar-refractivity contribution is -0.122. The molecule has 160 valence electrons. The van der Waals surface area contributed by atoms with Gasteiger partial charge in [0, 0.05) is 11.4 Å². The van der Waals surface area contributed by atoms with Crippen LogP contribution in [0, 0.1) is 0 Å². The lowest BCUT2D eigenvalue weighted by atomic mass is 10.1. The zero-order valence-electron chi connectivity index (χ0n) is 17.1. The number of carbonyl (C=O) groups is 1. The molecule has 0 aliphatic rings. The molecule has 0 radical (unpaired) electrons. The number of nitrogens with zero attached hydrogens (tertiary/aromatic N) is 4. The monoisotopic (exact) mass is 439 g/mol. The van der Waals surface area contributed by atoms with E-state index in [1.165, 1.54) is 20.7 Å². The van der Waals surface area contributed by atoms with Gasteiger partial charge in [-0.05, 0) is 30.9 Å². The van der Waals surface area contributed by atoms with E-state index in [0.717, 1.165) is 16.0 Å². The minimum atomic E-state index is -0.593. The number of fused-ring (bicyclic) bond motifs is 1. The van der Waals surface area contributed by atoms with E-state index in [1.807, 2.05) is 36.6 Å². The molecule has 3 heterocycles. The minimum Gasteiger partial charge on any atom is -0.387 e. The zero-order chi connectivity index (χ0) is 22.0. The standard InChI is InChI=1S/C21H21N5O4S/c1-3-16-14-7-4-5-8-15(14)20(28)25(23-16)12-18(27)22-13(2)11-26-21(29)30-19(24-26)17-9-6-10-31-17/h4-10,13H,3,11-12H2,1-2H3,(H,22,27)/t13-/m0/s1. The number of thiophene rings is 1. The Morgan fingerprint density at radius 2 is 1.90 bits per heavy atom. The van der Waals surface area contributed by atoms with E-state index < -0.39 is 11.8 Å². The number of rotatable bonds is 7. The average molecular weight is 439 g/mol. The molecule has 4 rings (SSSR count). The maximum Gasteiger partial charge on any atom is 0.437 e. The predicted octanol–water partition coefficient (Wildman–Crippen LogP) is 2.04. The van der Waals surface area contributed by atoms with Crippen molar-refractivity contribution in [2.24, 2.45) is 0 Å². The summed E-state index contributed by atoms with van der Waals surface area (Å²) in [5.74, 6) is -0.725. The number of hydrogen-bond donors (Lipinski definition) is 1. The predicted molar refractivity (Wildman–Crippen MR) is 117 cm³/mol. The van der Waals surface area contributed by atoms with E-state index >= 15 is 0 Å². The van der Waals surface area contributed by atoms with Gasteiger partial charge in [0.15, 0.2) is 0 Å². The summed E-state index contributed by atoms with van der Waals surface area (Å²) in [5, 5.41) is 14.5. The Morgan fingerprint density at radius 3 is 2.61 bits per heavy atom. The van der Waals surface area contributed by atoms with Gasteiger partial charge in [-0.15, -0.1) is 16.4 Å². The second-order valence-electron chi connectivity index (χ2n) is 7.11. The van der Waals surface area contributed by atoms with Crippen molar-refractivity contribution in [1.82, 2.24) is 24.9 Å². The van der Waals surface area contributed by atoms with E-state index in [0.29, 0.717) is 11.8 Å². The van der Waals surface area contributed by atoms with Gasteiger partial charge >= 0.3 is 5.76 Å². The number of amides is 1. The molecule has 31 heavy (non-hydrogen) atoms. The van der Waals surface area contributed by atoms with Crippen molar-refractivity contribution in [3.8, 4) is 10.8 Å². The van der Waals surface area contributed by atoms with Gasteiger partial charge in [-0.1, -0.05) is 31.2 Å². The number of nitrogens with one attached hydrogen (secondary N) is 1. The van der Waals surface area contributed by atoms with Gasteiger partial charge in [-0.25, -0.2) is 9.48 Å². The Labute approximate surface area is 180 Å². The fourth-order valence-corrected chi connectivity index (χ4v) is 4.00. The summed E-state index contributed by atoms with van der Waals surface area (Å²) >= 11 is 1.42. The van der Waals surface area contributed by atoms with Gasteiger partial charge in [0.2, 0.25) is 5.91 Å². The third kappa shape index (κ3) is 4.33. The van der Waals surface area contributed by atoms with Crippen molar-refractivity contribution < 1.29 is 9.21 Å². The molecule has 1 atom stereocenters. The summed E-state index contributed by atoms with van der Waals surface area (Å²) in [6.45, 7) is 3.62. The molecule has 0 saturated carbocycles. The van der Waals surface area contributed by atoms with Gasteiger partial charge in [-0.2, -0.15) is 9.78 Å². The molecule has 9 nitrogen and oxygen atoms in total. The summed E-state index contributed by atoms with van der Waals surface area (Å²) in [7, 11) is 0. The summed E-state index contributed by atoms with van der Waals surface area (Å²) in [5.41, 5.74) is 0.440. The molecule has 1 amide bonds. The maximum atomic E-state index is 12.7. The van der Waals surface area contributed by atoms with Crippen molar-refractivity contribution in [3.05, 3.63) is 68.4 Å². The molecule has 1 N–H and O–H groups in total. The zero-order valence-corrected chi connectivity index (χ0v) is 17.9. The van der Waals surface area contributed by atoms with E-state index in [9.17, 15) is 14.4 Å². The van der Waals surface area contributed by atoms with Gasteiger partial charge in [0.25, 0.3) is 11.4 Å². The number of benzene rings is 1. The molecule has 1 aromatic carbocycles. The highest BCUT2D eigenvalue weighted by molar-refractivity contribution is 7.13. The molecule has 10 heteroatoms. The fraction of sp³-hybridized carbons (Fsp3) is 0.286. The Bertz CT molecular complexity index is 1340. The first-order valence-electron chi connectivity index (χ1n) is 9.86. The van der Waals surface area contributed by atoms with Crippen LogP contribution in [0.25, 0.3) is 21.5 Å². The molecular weight excluding hydrogens is 418 g/mol. The normalized spacial score (nSPS) is 12.2. The Balaban J connectivity index is 1.46. The van der Waals surface area contributed by atoms with Crippen LogP contribution in [0.5, 0.6) is 0 Å². The number of hydrogen-bond acceptors (Lipinski definition) is 7. The number of aromatic nitrogens is 4. The third-order valence-electron chi connectivity index (χ3n) is 4.76. The third-order valence-corrected chi connectivity index (χ3v) is 5.62. The van der Waals surface area contributed by atoms with E-state index in [2.05, 4.69) is 15.5 Å². The average Bonchev–Trinajstić information content (AvgIpc) is 3.40. The Kier molecular flexibility index (Phi) is 5.81. The van der Waals surface area contributed by atoms with E-state index in [-0.39, 0.29) is 30.4 Å². The van der Waals surface area contributed by atoms with Crippen molar-refractivity contribution in [1.29, 1.82) is 0 Å². The van der Waals surface area contributed by atoms with Crippen molar-refractivity contribution in [2.45, 2.75) is 39.4 Å². The summed E-state index contributed by atoms with van der Waals surface area (Å²) in [4.78, 5) is 38.1. The molecule has 0 aliphatic heterocycles. The van der Waals surface area contributed by atoms with Crippen LogP contribution in [0.3, 0.4) is 0 Å². The molecule has 0 bridgehead atoms. The molecule has 0 fully saturated rings. The highest BCUT2D eigenvalue weighted by Crippen LogP contribution is 2.21. The van der Waals surface area contributed by atoms with Crippen molar-refractivity contribution in [2.75, 3.05) is 0 Å². The summed E-state index contributed by atoms with van der Waals surface area (Å²) in [6, 6.07) is 10.5. The minimum absolute atomic E-state index is 0.139. The van der Waals surface area contributed by atoms with Crippen LogP contribution >= 0.6 is 11.3 Å². The van der Waals surface area contributed by atoms with Gasteiger partial charge < -0.3 is 9.73 Å². The van der Waals surface area contributed by atoms with Crippen molar-refractivity contribution in [3.63, 3.8) is 0 Å². The van der Waals surface area contributed by atoms with Crippen LogP contribution in [-0.4, -0.2) is 31.5 Å². The lowest BCUT2D eigenvalue weighted by Crippen LogP contribution is -2.41. The topological polar surface area (TPSA) is 112 Å². The fourth-order valence-electron chi connectivity index (χ4n) is 3.36. The van der Waals surface area contributed by atoms with Crippen LogP contribution in [0.4, 0.5) is 0 Å². The van der Waals surface area contributed by atoms with Crippen LogP contribution in [0.1, 0.15) is 19.5 Å². The quantitative estimate of drug-likeness (QED) is 0.472. The first kappa shape index (κ1) is 20.7. The molecule has 4 aromatic rings. The van der Waals surface area contributed by atoms with Crippen LogP contribution < -0.4 is 16.6 Å². The van der Waals surface area contributed by atoms with Crippen molar-refractivity contribution >= 4 is 28.0 Å². The van der Waals surface area contributed by atoms with Crippen LogP contribution in [0.15, 0.2) is 55.8 Å². The molecule has 0 spiro atoms. The molecule has 0 aliphatic carbocycles. The lowest BCUT2D eigenvalue weighted by Gasteiger charge is -2.14. The van der Waals surface area contributed by atoms with E-state index in [1.54, 1.807) is 19.1 Å².